The molecule has 2 fully saturated rings. The van der Waals surface area contributed by atoms with Gasteiger partial charge >= 0.3 is 11.9 Å². The van der Waals surface area contributed by atoms with Crippen LogP contribution in [0, 0.1) is 11.8 Å². The van der Waals surface area contributed by atoms with Gasteiger partial charge in [-0.3, -0.25) is 19.6 Å². The number of ether oxygens (including phenoxy) is 2. The van der Waals surface area contributed by atoms with Crippen molar-refractivity contribution >= 4 is 33.7 Å². The van der Waals surface area contributed by atoms with Gasteiger partial charge in [-0.25, -0.2) is 0 Å². The van der Waals surface area contributed by atoms with Gasteiger partial charge in [0.15, 0.2) is 0 Å². The van der Waals surface area contributed by atoms with Crippen molar-refractivity contribution in [3.63, 3.8) is 0 Å². The largest absolute Gasteiger partial charge is 0.469 e. The van der Waals surface area contributed by atoms with Crippen molar-refractivity contribution in [2.75, 3.05) is 14.2 Å². The lowest BCUT2D eigenvalue weighted by molar-refractivity contribution is -0.149. The van der Waals surface area contributed by atoms with Gasteiger partial charge in [0.05, 0.1) is 37.1 Å². The quantitative estimate of drug-likeness (QED) is 0.342. The van der Waals surface area contributed by atoms with E-state index in [0.717, 1.165) is 58.9 Å². The lowest BCUT2D eigenvalue weighted by atomic mass is 9.73. The van der Waals surface area contributed by atoms with Gasteiger partial charge in [0, 0.05) is 34.0 Å². The smallest absolute Gasteiger partial charge is 0.308 e. The van der Waals surface area contributed by atoms with Crippen LogP contribution in [0.15, 0.2) is 72.8 Å². The molecule has 2 heterocycles. The maximum atomic E-state index is 11.3. The zero-order chi connectivity index (χ0) is 25.1. The van der Waals surface area contributed by atoms with E-state index < -0.39 is 0 Å². The number of carbonyl (C=O) groups is 2. The molecule has 36 heavy (non-hydrogen) atoms. The van der Waals surface area contributed by atoms with Gasteiger partial charge < -0.3 is 9.47 Å². The first-order valence-corrected chi connectivity index (χ1v) is 12.4. The fourth-order valence-corrected chi connectivity index (χ4v) is 5.06. The predicted molar refractivity (Wildman–Crippen MR) is 138 cm³/mol. The Labute approximate surface area is 210 Å². The number of para-hydroxylation sites is 2. The molecule has 2 aliphatic rings. The van der Waals surface area contributed by atoms with E-state index in [1.54, 1.807) is 0 Å². The molecule has 6 heteroatoms. The molecule has 0 radical (unpaired) electrons. The number of rotatable bonds is 4. The minimum Gasteiger partial charge on any atom is -0.469 e. The summed E-state index contributed by atoms with van der Waals surface area (Å²) in [6.45, 7) is 0. The summed E-state index contributed by atoms with van der Waals surface area (Å²) in [5, 5.41) is 2.31. The first-order valence-electron chi connectivity index (χ1n) is 12.4. The van der Waals surface area contributed by atoms with Crippen molar-refractivity contribution in [2.24, 2.45) is 11.8 Å². The molecule has 2 saturated carbocycles. The molecule has 0 N–H and O–H groups in total. The van der Waals surface area contributed by atoms with E-state index in [-0.39, 0.29) is 23.8 Å². The summed E-state index contributed by atoms with van der Waals surface area (Å²) in [5.74, 6) is 0.748. The van der Waals surface area contributed by atoms with Crippen LogP contribution in [-0.4, -0.2) is 36.1 Å². The monoisotopic (exact) mass is 482 g/mol. The summed E-state index contributed by atoms with van der Waals surface area (Å²) in [6, 6.07) is 24.5. The van der Waals surface area contributed by atoms with E-state index in [9.17, 15) is 9.59 Å². The Balaban J connectivity index is 0.000000148. The van der Waals surface area contributed by atoms with Gasteiger partial charge in [0.1, 0.15) is 0 Å². The zero-order valence-electron chi connectivity index (χ0n) is 20.6. The van der Waals surface area contributed by atoms with E-state index in [2.05, 4.69) is 46.4 Å². The summed E-state index contributed by atoms with van der Waals surface area (Å²) in [6.07, 6.45) is 3.44. The highest BCUT2D eigenvalue weighted by atomic mass is 16.5. The number of esters is 2. The van der Waals surface area contributed by atoms with Gasteiger partial charge in [0.2, 0.25) is 0 Å². The van der Waals surface area contributed by atoms with Crippen LogP contribution >= 0.6 is 0 Å². The SMILES string of the molecule is COC(=O)C1CC(c2ccc3ccccc3n2)C1.COC(=O)C1CC(c2ccc3ccccc3n2)C1. The van der Waals surface area contributed by atoms with Crippen LogP contribution in [0.3, 0.4) is 0 Å². The van der Waals surface area contributed by atoms with Gasteiger partial charge in [-0.15, -0.1) is 0 Å². The maximum Gasteiger partial charge on any atom is 0.308 e. The second-order valence-electron chi connectivity index (χ2n) is 9.63. The molecule has 0 unspecified atom stereocenters. The molecule has 0 amide bonds. The minimum atomic E-state index is -0.0907. The predicted octanol–water partition coefficient (Wildman–Crippen LogP) is 5.80. The lowest BCUT2D eigenvalue weighted by Crippen LogP contribution is -2.30. The van der Waals surface area contributed by atoms with E-state index in [0.29, 0.717) is 11.8 Å². The van der Waals surface area contributed by atoms with Crippen molar-refractivity contribution in [1.82, 2.24) is 9.97 Å². The van der Waals surface area contributed by atoms with E-state index in [4.69, 9.17) is 9.47 Å². The molecule has 2 aliphatic carbocycles. The molecule has 2 aromatic carbocycles. The first-order chi connectivity index (χ1) is 17.6. The standard InChI is InChI=1S/2C15H15NO2/c2*1-18-15(17)12-8-11(9-12)14-7-6-10-4-2-3-5-13(10)16-14/h2*2-7,11-12H,8-9H2,1H3. The molecule has 6 nitrogen and oxygen atoms in total. The fourth-order valence-electron chi connectivity index (χ4n) is 5.06. The molecule has 0 saturated heterocycles. The van der Waals surface area contributed by atoms with Gasteiger partial charge in [-0.2, -0.15) is 0 Å². The normalized spacial score (nSPS) is 22.5. The lowest BCUT2D eigenvalue weighted by Gasteiger charge is -2.32. The highest BCUT2D eigenvalue weighted by Gasteiger charge is 2.37. The Morgan fingerprint density at radius 2 is 1.00 bits per heavy atom. The Morgan fingerprint density at radius 3 is 1.39 bits per heavy atom. The fraction of sp³-hybridized carbons (Fsp3) is 0.333. The Morgan fingerprint density at radius 1 is 0.611 bits per heavy atom. The number of aromatic nitrogens is 2. The molecule has 0 atom stereocenters. The van der Waals surface area contributed by atoms with Crippen LogP contribution in [0.2, 0.25) is 0 Å². The van der Waals surface area contributed by atoms with Gasteiger partial charge in [-0.1, -0.05) is 48.5 Å². The number of hydrogen-bond donors (Lipinski definition) is 0. The summed E-state index contributed by atoms with van der Waals surface area (Å²) in [7, 11) is 2.90. The van der Waals surface area contributed by atoms with Crippen LogP contribution in [0.4, 0.5) is 0 Å². The van der Waals surface area contributed by atoms with Crippen LogP contribution < -0.4 is 0 Å². The van der Waals surface area contributed by atoms with Crippen LogP contribution in [0.5, 0.6) is 0 Å². The number of pyridine rings is 2. The molecular formula is C30H30N2O4. The van der Waals surface area contributed by atoms with Crippen LogP contribution in [0.1, 0.15) is 48.9 Å². The molecule has 4 aromatic rings. The zero-order valence-corrected chi connectivity index (χ0v) is 20.6. The average Bonchev–Trinajstić information content (AvgIpc) is 2.87. The summed E-state index contributed by atoms with van der Waals surface area (Å²) in [5.41, 5.74) is 4.23. The average molecular weight is 483 g/mol. The third-order valence-corrected chi connectivity index (χ3v) is 7.42. The van der Waals surface area contributed by atoms with Crippen LogP contribution in [-0.2, 0) is 19.1 Å². The topological polar surface area (TPSA) is 78.4 Å². The molecule has 184 valence electrons. The van der Waals surface area contributed by atoms with E-state index >= 15 is 0 Å². The number of benzene rings is 2. The Bertz CT molecular complexity index is 1280. The summed E-state index contributed by atoms with van der Waals surface area (Å²) < 4.78 is 9.50. The number of fused-ring (bicyclic) bond motifs is 2. The van der Waals surface area contributed by atoms with Gasteiger partial charge in [0.25, 0.3) is 0 Å². The molecule has 0 aliphatic heterocycles. The highest BCUT2D eigenvalue weighted by molar-refractivity contribution is 5.79. The number of methoxy groups -OCH3 is 2. The summed E-state index contributed by atoms with van der Waals surface area (Å²) in [4.78, 5) is 32.0. The number of nitrogens with zero attached hydrogens (tertiary/aromatic N) is 2. The second-order valence-corrected chi connectivity index (χ2v) is 9.63. The third-order valence-electron chi connectivity index (χ3n) is 7.42. The molecule has 0 bridgehead atoms. The van der Waals surface area contributed by atoms with Crippen molar-refractivity contribution in [2.45, 2.75) is 37.5 Å². The van der Waals surface area contributed by atoms with Crippen molar-refractivity contribution in [1.29, 1.82) is 0 Å². The minimum absolute atomic E-state index is 0.0632. The highest BCUT2D eigenvalue weighted by Crippen LogP contribution is 2.42. The van der Waals surface area contributed by atoms with Crippen molar-refractivity contribution < 1.29 is 19.1 Å². The molecular weight excluding hydrogens is 452 g/mol. The number of carbonyl (C=O) groups excluding carboxylic acids is 2. The van der Waals surface area contributed by atoms with E-state index in [1.165, 1.54) is 14.2 Å². The second kappa shape index (κ2) is 10.4. The molecule has 0 spiro atoms. The van der Waals surface area contributed by atoms with Crippen molar-refractivity contribution in [3.05, 3.63) is 84.2 Å². The Kier molecular flexibility index (Phi) is 6.94. The first kappa shape index (κ1) is 23.9. The van der Waals surface area contributed by atoms with E-state index in [1.807, 2.05) is 36.4 Å². The van der Waals surface area contributed by atoms with Crippen molar-refractivity contribution in [3.8, 4) is 0 Å². The Hall–Kier alpha value is -3.80. The molecule has 2 aromatic heterocycles. The summed E-state index contributed by atoms with van der Waals surface area (Å²) >= 11 is 0. The maximum absolute atomic E-state index is 11.3. The number of hydrogen-bond acceptors (Lipinski definition) is 6. The molecule has 6 rings (SSSR count). The van der Waals surface area contributed by atoms with Crippen LogP contribution in [0.25, 0.3) is 21.8 Å². The van der Waals surface area contributed by atoms with Gasteiger partial charge in [-0.05, 0) is 49.9 Å². The third kappa shape index (κ3) is 4.94.